The van der Waals surface area contributed by atoms with Crippen LogP contribution in [0.2, 0.25) is 0 Å². The summed E-state index contributed by atoms with van der Waals surface area (Å²) in [6.07, 6.45) is 1.01. The van der Waals surface area contributed by atoms with Gasteiger partial charge in [-0.2, -0.15) is 0 Å². The summed E-state index contributed by atoms with van der Waals surface area (Å²) in [5.74, 6) is 3.46. The van der Waals surface area contributed by atoms with Crippen molar-refractivity contribution < 1.29 is 18.9 Å². The van der Waals surface area contributed by atoms with Crippen molar-refractivity contribution in [3.63, 3.8) is 0 Å². The molecule has 24 heavy (non-hydrogen) atoms. The summed E-state index contributed by atoms with van der Waals surface area (Å²) < 4.78 is 22.5. The van der Waals surface area contributed by atoms with Crippen molar-refractivity contribution in [1.82, 2.24) is 0 Å². The first-order valence-electron chi connectivity index (χ1n) is 8.52. The van der Waals surface area contributed by atoms with Gasteiger partial charge >= 0.3 is 0 Å². The van der Waals surface area contributed by atoms with Crippen LogP contribution in [-0.4, -0.2) is 20.0 Å². The molecule has 0 spiro atoms. The predicted molar refractivity (Wildman–Crippen MR) is 93.5 cm³/mol. The van der Waals surface area contributed by atoms with Crippen molar-refractivity contribution in [2.45, 2.75) is 33.1 Å². The molecule has 0 aromatic heterocycles. The van der Waals surface area contributed by atoms with Gasteiger partial charge in [0.05, 0.1) is 13.2 Å². The fourth-order valence-corrected chi connectivity index (χ4v) is 2.81. The largest absolute Gasteiger partial charge is 0.494 e. The van der Waals surface area contributed by atoms with Crippen LogP contribution >= 0.6 is 0 Å². The highest BCUT2D eigenvalue weighted by Gasteiger charge is 2.22. The first kappa shape index (κ1) is 16.5. The Labute approximate surface area is 143 Å². The van der Waals surface area contributed by atoms with Crippen molar-refractivity contribution in [2.75, 3.05) is 20.0 Å². The van der Waals surface area contributed by atoms with Gasteiger partial charge in [-0.25, -0.2) is 0 Å². The van der Waals surface area contributed by atoms with E-state index in [0.29, 0.717) is 6.61 Å². The average Bonchev–Trinajstić information content (AvgIpc) is 3.07. The molecule has 0 radical (unpaired) electrons. The maximum Gasteiger partial charge on any atom is 0.231 e. The van der Waals surface area contributed by atoms with Gasteiger partial charge in [0.25, 0.3) is 0 Å². The molecule has 0 aliphatic carbocycles. The van der Waals surface area contributed by atoms with Crippen LogP contribution in [0.5, 0.6) is 23.0 Å². The summed E-state index contributed by atoms with van der Waals surface area (Å²) in [6.45, 7) is 7.88. The van der Waals surface area contributed by atoms with E-state index in [-0.39, 0.29) is 12.7 Å². The van der Waals surface area contributed by atoms with Crippen molar-refractivity contribution >= 4 is 0 Å². The van der Waals surface area contributed by atoms with E-state index in [1.165, 1.54) is 5.56 Å². The van der Waals surface area contributed by atoms with E-state index in [0.717, 1.165) is 41.6 Å². The average molecular weight is 328 g/mol. The Morgan fingerprint density at radius 3 is 2.38 bits per heavy atom. The van der Waals surface area contributed by atoms with Gasteiger partial charge in [0.2, 0.25) is 6.79 Å². The Balaban J connectivity index is 1.87. The molecule has 0 amide bonds. The van der Waals surface area contributed by atoms with Crippen LogP contribution in [0.4, 0.5) is 0 Å². The van der Waals surface area contributed by atoms with E-state index in [9.17, 15) is 0 Å². The summed E-state index contributed by atoms with van der Waals surface area (Å²) in [7, 11) is 0. The highest BCUT2D eigenvalue weighted by atomic mass is 16.7. The Morgan fingerprint density at radius 1 is 1.00 bits per heavy atom. The zero-order valence-electron chi connectivity index (χ0n) is 14.5. The van der Waals surface area contributed by atoms with Crippen LogP contribution in [-0.2, 0) is 0 Å². The van der Waals surface area contributed by atoms with Crippen LogP contribution in [0.15, 0.2) is 36.4 Å². The van der Waals surface area contributed by atoms with Gasteiger partial charge < -0.3 is 18.9 Å². The topological polar surface area (TPSA) is 36.9 Å². The maximum absolute atomic E-state index is 5.82. The standard InChI is InChI=1S/C20H24O4/c1-4-10-22-16-8-6-15(7-9-16)14(3)17-11-19-20(24-13-23-19)12-18(17)21-5-2/h6-9,11-12,14H,4-5,10,13H2,1-3H3/t14-/m0/s1. The van der Waals surface area contributed by atoms with Crippen LogP contribution in [0.3, 0.4) is 0 Å². The second-order valence-corrected chi connectivity index (χ2v) is 5.82. The molecule has 1 aliphatic rings. The minimum absolute atomic E-state index is 0.182. The van der Waals surface area contributed by atoms with Gasteiger partial charge in [0.1, 0.15) is 11.5 Å². The van der Waals surface area contributed by atoms with E-state index >= 15 is 0 Å². The first-order chi connectivity index (χ1) is 11.7. The van der Waals surface area contributed by atoms with Gasteiger partial charge in [-0.05, 0) is 37.1 Å². The van der Waals surface area contributed by atoms with E-state index in [2.05, 4.69) is 26.0 Å². The minimum Gasteiger partial charge on any atom is -0.494 e. The monoisotopic (exact) mass is 328 g/mol. The molecular weight excluding hydrogens is 304 g/mol. The molecule has 0 N–H and O–H groups in total. The number of ether oxygens (including phenoxy) is 4. The summed E-state index contributed by atoms with van der Waals surface area (Å²) in [5, 5.41) is 0. The molecule has 0 saturated carbocycles. The molecule has 2 aromatic rings. The summed E-state index contributed by atoms with van der Waals surface area (Å²) in [5.41, 5.74) is 2.31. The number of benzene rings is 2. The van der Waals surface area contributed by atoms with Gasteiger partial charge in [0.15, 0.2) is 11.5 Å². The molecule has 0 bridgehead atoms. The zero-order valence-corrected chi connectivity index (χ0v) is 14.5. The lowest BCUT2D eigenvalue weighted by Gasteiger charge is -2.18. The lowest BCUT2D eigenvalue weighted by Crippen LogP contribution is -2.02. The van der Waals surface area contributed by atoms with E-state index in [1.54, 1.807) is 0 Å². The molecule has 3 rings (SSSR count). The Kier molecular flexibility index (Phi) is 5.14. The van der Waals surface area contributed by atoms with Gasteiger partial charge in [-0.15, -0.1) is 0 Å². The predicted octanol–water partition coefficient (Wildman–Crippen LogP) is 4.75. The Hall–Kier alpha value is -2.36. The molecule has 1 heterocycles. The van der Waals surface area contributed by atoms with Crippen LogP contribution in [0, 0.1) is 0 Å². The normalized spacial score (nSPS) is 13.6. The highest BCUT2D eigenvalue weighted by molar-refractivity contribution is 5.54. The molecule has 1 aliphatic heterocycles. The molecule has 2 aromatic carbocycles. The van der Waals surface area contributed by atoms with Crippen molar-refractivity contribution in [2.24, 2.45) is 0 Å². The van der Waals surface area contributed by atoms with E-state index < -0.39 is 0 Å². The molecule has 4 nitrogen and oxygen atoms in total. The Morgan fingerprint density at radius 2 is 1.71 bits per heavy atom. The summed E-state index contributed by atoms with van der Waals surface area (Å²) in [4.78, 5) is 0. The fourth-order valence-electron chi connectivity index (χ4n) is 2.81. The van der Waals surface area contributed by atoms with Crippen LogP contribution in [0.25, 0.3) is 0 Å². The smallest absolute Gasteiger partial charge is 0.231 e. The third kappa shape index (κ3) is 3.42. The molecular formula is C20H24O4. The lowest BCUT2D eigenvalue weighted by atomic mass is 9.92. The molecule has 128 valence electrons. The molecule has 0 fully saturated rings. The third-order valence-corrected chi connectivity index (χ3v) is 4.12. The number of hydrogen-bond donors (Lipinski definition) is 0. The molecule has 4 heteroatoms. The maximum atomic E-state index is 5.82. The lowest BCUT2D eigenvalue weighted by molar-refractivity contribution is 0.173. The van der Waals surface area contributed by atoms with Crippen molar-refractivity contribution in [3.05, 3.63) is 47.5 Å². The van der Waals surface area contributed by atoms with E-state index in [1.807, 2.05) is 31.2 Å². The summed E-state index contributed by atoms with van der Waals surface area (Å²) >= 11 is 0. The van der Waals surface area contributed by atoms with Crippen LogP contribution < -0.4 is 18.9 Å². The van der Waals surface area contributed by atoms with Crippen molar-refractivity contribution in [1.29, 1.82) is 0 Å². The Bertz CT molecular complexity index is 679. The third-order valence-electron chi connectivity index (χ3n) is 4.12. The second kappa shape index (κ2) is 7.47. The minimum atomic E-state index is 0.182. The fraction of sp³-hybridized carbons (Fsp3) is 0.400. The number of hydrogen-bond acceptors (Lipinski definition) is 4. The highest BCUT2D eigenvalue weighted by Crippen LogP contribution is 2.42. The first-order valence-corrected chi connectivity index (χ1v) is 8.52. The summed E-state index contributed by atoms with van der Waals surface area (Å²) in [6, 6.07) is 12.2. The number of fused-ring (bicyclic) bond motifs is 1. The molecule has 1 atom stereocenters. The van der Waals surface area contributed by atoms with Gasteiger partial charge in [-0.1, -0.05) is 26.0 Å². The van der Waals surface area contributed by atoms with Crippen LogP contribution in [0.1, 0.15) is 44.2 Å². The molecule has 0 saturated heterocycles. The van der Waals surface area contributed by atoms with Gasteiger partial charge in [-0.3, -0.25) is 0 Å². The zero-order chi connectivity index (χ0) is 16.9. The van der Waals surface area contributed by atoms with E-state index in [4.69, 9.17) is 18.9 Å². The molecule has 0 unspecified atom stereocenters. The number of rotatable bonds is 7. The SMILES string of the molecule is CCCOc1ccc([C@H](C)c2cc3c(cc2OCC)OCO3)cc1. The second-order valence-electron chi connectivity index (χ2n) is 5.82. The van der Waals surface area contributed by atoms with Crippen molar-refractivity contribution in [3.8, 4) is 23.0 Å². The van der Waals surface area contributed by atoms with Gasteiger partial charge in [0, 0.05) is 17.5 Å². The quantitative estimate of drug-likeness (QED) is 0.734.